The second kappa shape index (κ2) is 9.77. The summed E-state index contributed by atoms with van der Waals surface area (Å²) in [6, 6.07) is 7.06. The molecule has 4 rings (SSSR count). The molecule has 1 aromatic carbocycles. The van der Waals surface area contributed by atoms with Crippen LogP contribution in [0.4, 0.5) is 5.69 Å². The van der Waals surface area contributed by atoms with Crippen LogP contribution < -0.4 is 10.9 Å². The molecule has 1 N–H and O–H groups in total. The van der Waals surface area contributed by atoms with Gasteiger partial charge in [0, 0.05) is 58.1 Å². The molecular formula is C26H23Cl2N3O2. The summed E-state index contributed by atoms with van der Waals surface area (Å²) < 4.78 is 1.58. The molecule has 0 radical (unpaired) electrons. The number of allylic oxidation sites excluding steroid dienone is 5. The fourth-order valence-electron chi connectivity index (χ4n) is 3.98. The lowest BCUT2D eigenvalue weighted by Crippen LogP contribution is -2.20. The van der Waals surface area contributed by atoms with Crippen LogP contribution in [0.1, 0.15) is 18.4 Å². The van der Waals surface area contributed by atoms with Crippen LogP contribution in [-0.2, 0) is 11.8 Å². The number of alkyl halides is 1. The number of carbonyl (C=O) groups is 1. The van der Waals surface area contributed by atoms with Gasteiger partial charge in [0.2, 0.25) is 0 Å². The van der Waals surface area contributed by atoms with Crippen molar-refractivity contribution in [2.45, 2.75) is 19.8 Å². The number of pyridine rings is 2. The highest BCUT2D eigenvalue weighted by atomic mass is 35.5. The second-order valence-corrected chi connectivity index (χ2v) is 8.56. The summed E-state index contributed by atoms with van der Waals surface area (Å²) in [5.41, 5.74) is 4.71. The number of nitrogens with zero attached hydrogens (tertiary/aromatic N) is 2. The van der Waals surface area contributed by atoms with E-state index in [1.54, 1.807) is 48.3 Å². The Hall–Kier alpha value is -3.15. The van der Waals surface area contributed by atoms with E-state index in [-0.39, 0.29) is 11.5 Å². The van der Waals surface area contributed by atoms with E-state index in [4.69, 9.17) is 23.2 Å². The standard InChI is InChI=1S/C26H23Cl2N3O2/c1-16-22(30-25(32)18-7-3-5-17(14-27)6-4-8-18)10-9-21(28)24(16)20-13-19-15-29-12-11-23(19)31(2)26(20)33/h3,5-6,8-13,15H,4,7,14H2,1-2H3,(H,30,32)/b5-3-,17-6?,18-8+. The molecule has 2 heterocycles. The normalized spacial score (nSPS) is 16.4. The highest BCUT2D eigenvalue weighted by molar-refractivity contribution is 6.33. The van der Waals surface area contributed by atoms with Gasteiger partial charge in [-0.1, -0.05) is 35.9 Å². The van der Waals surface area contributed by atoms with E-state index in [1.807, 2.05) is 31.2 Å². The van der Waals surface area contributed by atoms with E-state index in [1.165, 1.54) is 0 Å². The molecular weight excluding hydrogens is 457 g/mol. The Morgan fingerprint density at radius 3 is 2.85 bits per heavy atom. The van der Waals surface area contributed by atoms with Crippen molar-refractivity contribution in [2.24, 2.45) is 7.05 Å². The van der Waals surface area contributed by atoms with Crippen LogP contribution in [0.5, 0.6) is 0 Å². The Morgan fingerprint density at radius 1 is 1.24 bits per heavy atom. The lowest BCUT2D eigenvalue weighted by Gasteiger charge is -2.16. The van der Waals surface area contributed by atoms with Crippen molar-refractivity contribution in [1.82, 2.24) is 9.55 Å². The largest absolute Gasteiger partial charge is 0.322 e. The molecule has 0 unspecified atom stereocenters. The SMILES string of the molecule is Cc1c(NC(=O)/C2=C/CC=C(CCl)/C=C\C2)ccc(Cl)c1-c1cc2cnccc2n(C)c1=O. The summed E-state index contributed by atoms with van der Waals surface area (Å²) >= 11 is 12.5. The topological polar surface area (TPSA) is 64.0 Å². The van der Waals surface area contributed by atoms with E-state index in [0.29, 0.717) is 46.1 Å². The molecule has 2 aromatic heterocycles. The Kier molecular flexibility index (Phi) is 6.82. The average Bonchev–Trinajstić information content (AvgIpc) is 2.79. The number of anilines is 1. The molecule has 1 amide bonds. The first-order valence-corrected chi connectivity index (χ1v) is 11.5. The van der Waals surface area contributed by atoms with Gasteiger partial charge in [-0.3, -0.25) is 14.6 Å². The smallest absolute Gasteiger partial charge is 0.258 e. The number of benzene rings is 1. The molecule has 1 aliphatic carbocycles. The fraction of sp³-hybridized carbons (Fsp3) is 0.192. The van der Waals surface area contributed by atoms with E-state index >= 15 is 0 Å². The predicted octanol–water partition coefficient (Wildman–Crippen LogP) is 5.94. The van der Waals surface area contributed by atoms with Crippen molar-refractivity contribution in [2.75, 3.05) is 11.2 Å². The van der Waals surface area contributed by atoms with Gasteiger partial charge in [-0.25, -0.2) is 0 Å². The summed E-state index contributed by atoms with van der Waals surface area (Å²) in [6.07, 6.45) is 12.3. The van der Waals surface area contributed by atoms with E-state index in [0.717, 1.165) is 22.0 Å². The number of fused-ring (bicyclic) bond motifs is 1. The average molecular weight is 480 g/mol. The van der Waals surface area contributed by atoms with E-state index in [2.05, 4.69) is 10.3 Å². The number of amides is 1. The first-order chi connectivity index (χ1) is 15.9. The van der Waals surface area contributed by atoms with Crippen LogP contribution >= 0.6 is 23.2 Å². The number of halogens is 2. The number of rotatable bonds is 4. The summed E-state index contributed by atoms with van der Waals surface area (Å²) in [5.74, 6) is 0.262. The number of carbonyl (C=O) groups excluding carboxylic acids is 1. The molecule has 5 nitrogen and oxygen atoms in total. The maximum atomic E-state index is 13.2. The van der Waals surface area contributed by atoms with Crippen molar-refractivity contribution in [1.29, 1.82) is 0 Å². The van der Waals surface area contributed by atoms with Gasteiger partial charge in [0.1, 0.15) is 0 Å². The van der Waals surface area contributed by atoms with Crippen LogP contribution in [0, 0.1) is 6.92 Å². The molecule has 168 valence electrons. The first-order valence-electron chi connectivity index (χ1n) is 10.6. The Labute approximate surface area is 202 Å². The quantitative estimate of drug-likeness (QED) is 0.470. The maximum absolute atomic E-state index is 13.2. The van der Waals surface area contributed by atoms with Gasteiger partial charge in [0.25, 0.3) is 11.5 Å². The lowest BCUT2D eigenvalue weighted by atomic mass is 9.98. The minimum absolute atomic E-state index is 0.170. The van der Waals surface area contributed by atoms with E-state index < -0.39 is 0 Å². The molecule has 1 aliphatic rings. The monoisotopic (exact) mass is 479 g/mol. The van der Waals surface area contributed by atoms with Crippen molar-refractivity contribution < 1.29 is 4.79 Å². The number of hydrogen-bond donors (Lipinski definition) is 1. The molecule has 0 saturated heterocycles. The van der Waals surface area contributed by atoms with Crippen molar-refractivity contribution in [3.8, 4) is 11.1 Å². The van der Waals surface area contributed by atoms with Gasteiger partial charge >= 0.3 is 0 Å². The van der Waals surface area contributed by atoms with Gasteiger partial charge in [0.15, 0.2) is 0 Å². The zero-order valence-electron chi connectivity index (χ0n) is 18.4. The summed E-state index contributed by atoms with van der Waals surface area (Å²) in [7, 11) is 1.72. The highest BCUT2D eigenvalue weighted by Gasteiger charge is 2.18. The number of nitrogens with one attached hydrogen (secondary N) is 1. The molecule has 7 heteroatoms. The van der Waals surface area contributed by atoms with Gasteiger partial charge in [-0.2, -0.15) is 0 Å². The molecule has 33 heavy (non-hydrogen) atoms. The van der Waals surface area contributed by atoms with Crippen molar-refractivity contribution in [3.63, 3.8) is 0 Å². The molecule has 0 fully saturated rings. The van der Waals surface area contributed by atoms with Gasteiger partial charge < -0.3 is 9.88 Å². The Bertz CT molecular complexity index is 1400. The summed E-state index contributed by atoms with van der Waals surface area (Å²) in [5, 5.41) is 4.27. The lowest BCUT2D eigenvalue weighted by molar-refractivity contribution is -0.112. The summed E-state index contributed by atoms with van der Waals surface area (Å²) in [4.78, 5) is 30.3. The molecule has 0 aliphatic heterocycles. The molecule has 0 atom stereocenters. The highest BCUT2D eigenvalue weighted by Crippen LogP contribution is 2.35. The predicted molar refractivity (Wildman–Crippen MR) is 136 cm³/mol. The minimum atomic E-state index is -0.186. The van der Waals surface area contributed by atoms with Gasteiger partial charge in [0.05, 0.1) is 5.52 Å². The van der Waals surface area contributed by atoms with Crippen LogP contribution in [0.2, 0.25) is 5.02 Å². The third-order valence-corrected chi connectivity index (χ3v) is 6.44. The fourth-order valence-corrected chi connectivity index (χ4v) is 4.48. The third kappa shape index (κ3) is 4.65. The van der Waals surface area contributed by atoms with Gasteiger partial charge in [-0.15, -0.1) is 11.6 Å². The van der Waals surface area contributed by atoms with Crippen molar-refractivity contribution >= 4 is 45.7 Å². The van der Waals surface area contributed by atoms with Crippen LogP contribution in [0.15, 0.2) is 76.9 Å². The number of aromatic nitrogens is 2. The Balaban J connectivity index is 1.72. The Morgan fingerprint density at radius 2 is 2.06 bits per heavy atom. The number of aryl methyl sites for hydroxylation is 1. The van der Waals surface area contributed by atoms with Crippen LogP contribution in [-0.4, -0.2) is 21.3 Å². The zero-order chi connectivity index (χ0) is 23.5. The van der Waals surface area contributed by atoms with Gasteiger partial charge in [-0.05, 0) is 55.2 Å². The molecule has 0 spiro atoms. The zero-order valence-corrected chi connectivity index (χ0v) is 19.9. The molecule has 0 bridgehead atoms. The van der Waals surface area contributed by atoms with Crippen molar-refractivity contribution in [3.05, 3.63) is 93.0 Å². The molecule has 0 saturated carbocycles. The van der Waals surface area contributed by atoms with Crippen LogP contribution in [0.3, 0.4) is 0 Å². The first kappa shape index (κ1) is 23.0. The summed E-state index contributed by atoms with van der Waals surface area (Å²) in [6.45, 7) is 1.85. The van der Waals surface area contributed by atoms with Crippen LogP contribution in [0.25, 0.3) is 22.0 Å². The second-order valence-electron chi connectivity index (χ2n) is 7.89. The third-order valence-electron chi connectivity index (χ3n) is 5.82. The van der Waals surface area contributed by atoms with E-state index in [9.17, 15) is 9.59 Å². The molecule has 3 aromatic rings. The number of hydrogen-bond acceptors (Lipinski definition) is 3. The maximum Gasteiger partial charge on any atom is 0.258 e. The minimum Gasteiger partial charge on any atom is -0.322 e.